The number of carbonyl (C=O) groups excluding carboxylic acids is 1. The Morgan fingerprint density at radius 3 is 2.81 bits per heavy atom. The number of halogens is 3. The van der Waals surface area contributed by atoms with Crippen LogP contribution < -0.4 is 5.32 Å². The first-order chi connectivity index (χ1) is 9.58. The van der Waals surface area contributed by atoms with Gasteiger partial charge in [0, 0.05) is 35.6 Å². The highest BCUT2D eigenvalue weighted by Crippen LogP contribution is 2.24. The number of benzene rings is 1. The first-order valence-corrected chi connectivity index (χ1v) is 7.77. The van der Waals surface area contributed by atoms with Crippen molar-refractivity contribution in [2.45, 2.75) is 19.8 Å². The molecule has 1 N–H and O–H groups in total. The maximum Gasteiger partial charge on any atom is 0.225 e. The van der Waals surface area contributed by atoms with Crippen molar-refractivity contribution in [3.05, 3.63) is 33.8 Å². The molecule has 0 bridgehead atoms. The van der Waals surface area contributed by atoms with Gasteiger partial charge in [-0.3, -0.25) is 4.79 Å². The lowest BCUT2D eigenvalue weighted by atomic mass is 9.99. The molecule has 1 aliphatic heterocycles. The van der Waals surface area contributed by atoms with Crippen LogP contribution in [-0.2, 0) is 11.2 Å². The highest BCUT2D eigenvalue weighted by Gasteiger charge is 2.22. The summed E-state index contributed by atoms with van der Waals surface area (Å²) in [4.78, 5) is 14.4. The van der Waals surface area contributed by atoms with Crippen LogP contribution in [0.1, 0.15) is 18.9 Å². The van der Waals surface area contributed by atoms with E-state index in [1.165, 1.54) is 0 Å². The van der Waals surface area contributed by atoms with E-state index in [9.17, 15) is 4.79 Å². The Hall–Kier alpha value is -0.480. The van der Waals surface area contributed by atoms with Crippen LogP contribution >= 0.6 is 35.6 Å². The Kier molecular flexibility index (Phi) is 7.82. The lowest BCUT2D eigenvalue weighted by Gasteiger charge is -2.24. The zero-order valence-electron chi connectivity index (χ0n) is 12.1. The summed E-state index contributed by atoms with van der Waals surface area (Å²) in [6.07, 6.45) is 1.67. The molecular formula is C15H21Cl3N2O. The van der Waals surface area contributed by atoms with Gasteiger partial charge in [0.2, 0.25) is 5.91 Å². The molecule has 1 unspecified atom stereocenters. The first kappa shape index (κ1) is 18.6. The lowest BCUT2D eigenvalue weighted by molar-refractivity contribution is -0.134. The molecule has 0 radical (unpaired) electrons. The number of hydrogen-bond acceptors (Lipinski definition) is 2. The Bertz CT molecular complexity index is 474. The smallest absolute Gasteiger partial charge is 0.225 e. The SMILES string of the molecule is CC(Cc1ccc(Cl)cc1Cl)C(=O)N1CCCNCC1.Cl. The van der Waals surface area contributed by atoms with E-state index in [1.807, 2.05) is 24.0 Å². The zero-order valence-corrected chi connectivity index (χ0v) is 14.4. The molecule has 1 saturated heterocycles. The van der Waals surface area contributed by atoms with Crippen LogP contribution in [0.25, 0.3) is 0 Å². The topological polar surface area (TPSA) is 32.3 Å². The van der Waals surface area contributed by atoms with E-state index in [4.69, 9.17) is 23.2 Å². The third-order valence-corrected chi connectivity index (χ3v) is 4.20. The van der Waals surface area contributed by atoms with E-state index >= 15 is 0 Å². The molecule has 2 rings (SSSR count). The number of hydrogen-bond donors (Lipinski definition) is 1. The average molecular weight is 352 g/mol. The van der Waals surface area contributed by atoms with Crippen molar-refractivity contribution in [2.75, 3.05) is 26.2 Å². The molecule has 1 aromatic rings. The first-order valence-electron chi connectivity index (χ1n) is 7.01. The van der Waals surface area contributed by atoms with Crippen molar-refractivity contribution < 1.29 is 4.79 Å². The van der Waals surface area contributed by atoms with Crippen LogP contribution in [0.3, 0.4) is 0 Å². The molecule has 0 aromatic heterocycles. The van der Waals surface area contributed by atoms with E-state index in [1.54, 1.807) is 6.07 Å². The summed E-state index contributed by atoms with van der Waals surface area (Å²) in [7, 11) is 0. The molecule has 118 valence electrons. The molecule has 0 saturated carbocycles. The fraction of sp³-hybridized carbons (Fsp3) is 0.533. The predicted octanol–water partition coefficient (Wildman–Crippen LogP) is 3.42. The molecule has 3 nitrogen and oxygen atoms in total. The lowest BCUT2D eigenvalue weighted by Crippen LogP contribution is -2.38. The highest BCUT2D eigenvalue weighted by molar-refractivity contribution is 6.35. The second-order valence-electron chi connectivity index (χ2n) is 5.27. The Morgan fingerprint density at radius 1 is 1.33 bits per heavy atom. The van der Waals surface area contributed by atoms with Crippen LogP contribution in [-0.4, -0.2) is 37.0 Å². The number of amides is 1. The quantitative estimate of drug-likeness (QED) is 0.905. The van der Waals surface area contributed by atoms with Gasteiger partial charge in [0.1, 0.15) is 0 Å². The minimum atomic E-state index is -0.0632. The van der Waals surface area contributed by atoms with E-state index in [2.05, 4.69) is 5.32 Å². The van der Waals surface area contributed by atoms with Crippen LogP contribution in [0.2, 0.25) is 10.0 Å². The predicted molar refractivity (Wildman–Crippen MR) is 90.6 cm³/mol. The van der Waals surface area contributed by atoms with Crippen LogP contribution in [0, 0.1) is 5.92 Å². The van der Waals surface area contributed by atoms with Crippen molar-refractivity contribution >= 4 is 41.5 Å². The summed E-state index contributed by atoms with van der Waals surface area (Å²) in [6, 6.07) is 5.44. The molecule has 1 aliphatic rings. The fourth-order valence-electron chi connectivity index (χ4n) is 2.48. The monoisotopic (exact) mass is 350 g/mol. The molecule has 21 heavy (non-hydrogen) atoms. The van der Waals surface area contributed by atoms with Gasteiger partial charge in [-0.05, 0) is 37.1 Å². The molecule has 0 aliphatic carbocycles. The number of nitrogens with zero attached hydrogens (tertiary/aromatic N) is 1. The van der Waals surface area contributed by atoms with Gasteiger partial charge in [0.15, 0.2) is 0 Å². The molecule has 1 fully saturated rings. The summed E-state index contributed by atoms with van der Waals surface area (Å²) in [5.74, 6) is 0.145. The molecule has 1 atom stereocenters. The van der Waals surface area contributed by atoms with Crippen molar-refractivity contribution in [3.8, 4) is 0 Å². The van der Waals surface area contributed by atoms with Gasteiger partial charge in [-0.1, -0.05) is 36.2 Å². The van der Waals surface area contributed by atoms with Crippen LogP contribution in [0.5, 0.6) is 0 Å². The van der Waals surface area contributed by atoms with Gasteiger partial charge in [0.25, 0.3) is 0 Å². The minimum absolute atomic E-state index is 0. The molecule has 1 aromatic carbocycles. The zero-order chi connectivity index (χ0) is 14.5. The van der Waals surface area contributed by atoms with Gasteiger partial charge in [-0.15, -0.1) is 12.4 Å². The van der Waals surface area contributed by atoms with Gasteiger partial charge >= 0.3 is 0 Å². The van der Waals surface area contributed by atoms with Crippen molar-refractivity contribution in [2.24, 2.45) is 5.92 Å². The van der Waals surface area contributed by atoms with Gasteiger partial charge in [-0.2, -0.15) is 0 Å². The second-order valence-corrected chi connectivity index (χ2v) is 6.11. The van der Waals surface area contributed by atoms with E-state index in [0.29, 0.717) is 16.5 Å². The standard InChI is InChI=1S/C15H20Cl2N2O.ClH/c1-11(9-12-3-4-13(16)10-14(12)17)15(20)19-7-2-5-18-6-8-19;/h3-4,10-11,18H,2,5-9H2,1H3;1H. The summed E-state index contributed by atoms with van der Waals surface area (Å²) >= 11 is 12.1. The molecule has 6 heteroatoms. The summed E-state index contributed by atoms with van der Waals surface area (Å²) in [5, 5.41) is 4.56. The number of nitrogens with one attached hydrogen (secondary N) is 1. The third kappa shape index (κ3) is 5.33. The second kappa shape index (κ2) is 8.84. The average Bonchev–Trinajstić information content (AvgIpc) is 2.70. The van der Waals surface area contributed by atoms with E-state index in [0.717, 1.165) is 38.2 Å². The summed E-state index contributed by atoms with van der Waals surface area (Å²) in [6.45, 7) is 5.45. The van der Waals surface area contributed by atoms with Crippen molar-refractivity contribution in [1.29, 1.82) is 0 Å². The fourth-order valence-corrected chi connectivity index (χ4v) is 2.97. The third-order valence-electron chi connectivity index (χ3n) is 3.61. The van der Waals surface area contributed by atoms with Crippen LogP contribution in [0.15, 0.2) is 18.2 Å². The summed E-state index contributed by atoms with van der Waals surface area (Å²) < 4.78 is 0. The van der Waals surface area contributed by atoms with E-state index < -0.39 is 0 Å². The molecule has 1 heterocycles. The van der Waals surface area contributed by atoms with Crippen molar-refractivity contribution in [1.82, 2.24) is 10.2 Å². The Balaban J connectivity index is 0.00000220. The van der Waals surface area contributed by atoms with Gasteiger partial charge < -0.3 is 10.2 Å². The largest absolute Gasteiger partial charge is 0.341 e. The Labute approximate surface area is 142 Å². The maximum absolute atomic E-state index is 12.5. The minimum Gasteiger partial charge on any atom is -0.341 e. The molecule has 1 amide bonds. The summed E-state index contributed by atoms with van der Waals surface area (Å²) in [5.41, 5.74) is 0.977. The van der Waals surface area contributed by atoms with Crippen LogP contribution in [0.4, 0.5) is 0 Å². The highest BCUT2D eigenvalue weighted by atomic mass is 35.5. The number of carbonyl (C=O) groups is 1. The van der Waals surface area contributed by atoms with E-state index in [-0.39, 0.29) is 24.2 Å². The Morgan fingerprint density at radius 2 is 2.10 bits per heavy atom. The van der Waals surface area contributed by atoms with Gasteiger partial charge in [0.05, 0.1) is 0 Å². The molecule has 0 spiro atoms. The van der Waals surface area contributed by atoms with Crippen molar-refractivity contribution in [3.63, 3.8) is 0 Å². The molecular weight excluding hydrogens is 331 g/mol. The maximum atomic E-state index is 12.5. The van der Waals surface area contributed by atoms with Gasteiger partial charge in [-0.25, -0.2) is 0 Å². The number of rotatable bonds is 3. The normalized spacial score (nSPS) is 16.8.